The Bertz CT molecular complexity index is 413. The molecule has 0 N–H and O–H groups in total. The van der Waals surface area contributed by atoms with E-state index in [9.17, 15) is 4.79 Å². The van der Waals surface area contributed by atoms with Gasteiger partial charge in [-0.15, -0.1) is 0 Å². The summed E-state index contributed by atoms with van der Waals surface area (Å²) in [5.74, 6) is -0.387. The van der Waals surface area contributed by atoms with E-state index in [1.807, 2.05) is 26.0 Å². The van der Waals surface area contributed by atoms with Crippen LogP contribution in [0.5, 0.6) is 0 Å². The highest BCUT2D eigenvalue weighted by Crippen LogP contribution is 2.11. The maximum absolute atomic E-state index is 11.3. The van der Waals surface area contributed by atoms with Crippen LogP contribution in [-0.4, -0.2) is 25.3 Å². The van der Waals surface area contributed by atoms with Crippen LogP contribution in [0.25, 0.3) is 6.08 Å². The minimum absolute atomic E-state index is 0.144. The minimum Gasteiger partial charge on any atom is -0.460 e. The minimum atomic E-state index is -0.387. The van der Waals surface area contributed by atoms with Crippen molar-refractivity contribution in [3.8, 4) is 0 Å². The van der Waals surface area contributed by atoms with Gasteiger partial charge in [0.05, 0.1) is 12.7 Å². The third kappa shape index (κ3) is 6.42. The normalized spacial score (nSPS) is 11.1. The summed E-state index contributed by atoms with van der Waals surface area (Å²) in [6.07, 6.45) is 3.18. The van der Waals surface area contributed by atoms with Gasteiger partial charge in [-0.3, -0.25) is 0 Å². The van der Waals surface area contributed by atoms with Gasteiger partial charge >= 0.3 is 5.97 Å². The third-order valence-electron chi connectivity index (χ3n) is 2.04. The average molecular weight is 269 g/mol. The number of rotatable bonds is 6. The second-order valence-corrected chi connectivity index (χ2v) is 4.41. The van der Waals surface area contributed by atoms with Crippen LogP contribution in [0.2, 0.25) is 5.02 Å². The zero-order valence-corrected chi connectivity index (χ0v) is 11.3. The van der Waals surface area contributed by atoms with Crippen LogP contribution >= 0.6 is 11.6 Å². The predicted molar refractivity (Wildman–Crippen MR) is 72.5 cm³/mol. The lowest BCUT2D eigenvalue weighted by Gasteiger charge is -2.06. The molecule has 0 aromatic heterocycles. The molecular formula is C14H17ClO3. The Balaban J connectivity index is 2.31. The van der Waals surface area contributed by atoms with Crippen molar-refractivity contribution in [3.63, 3.8) is 0 Å². The summed E-state index contributed by atoms with van der Waals surface area (Å²) in [6, 6.07) is 7.23. The first-order valence-corrected chi connectivity index (χ1v) is 6.17. The summed E-state index contributed by atoms with van der Waals surface area (Å²) in [7, 11) is 0. The summed E-state index contributed by atoms with van der Waals surface area (Å²) in [5, 5.41) is 0.635. The van der Waals surface area contributed by atoms with E-state index < -0.39 is 0 Å². The van der Waals surface area contributed by atoms with Crippen LogP contribution in [0.4, 0.5) is 0 Å². The number of carbonyl (C=O) groups excluding carboxylic acids is 1. The first-order valence-electron chi connectivity index (χ1n) is 5.80. The number of hydrogen-bond acceptors (Lipinski definition) is 3. The summed E-state index contributed by atoms with van der Waals surface area (Å²) in [6.45, 7) is 4.53. The Morgan fingerprint density at radius 3 is 2.83 bits per heavy atom. The second-order valence-electron chi connectivity index (χ2n) is 3.98. The molecule has 0 saturated carbocycles. The molecule has 0 spiro atoms. The van der Waals surface area contributed by atoms with E-state index >= 15 is 0 Å². The second kappa shape index (κ2) is 7.90. The zero-order chi connectivity index (χ0) is 13.4. The molecule has 0 atom stereocenters. The van der Waals surface area contributed by atoms with Gasteiger partial charge < -0.3 is 9.47 Å². The average Bonchev–Trinajstić information content (AvgIpc) is 2.32. The predicted octanol–water partition coefficient (Wildman–Crippen LogP) is 3.32. The lowest BCUT2D eigenvalue weighted by atomic mass is 10.2. The first kappa shape index (κ1) is 14.7. The van der Waals surface area contributed by atoms with E-state index in [1.165, 1.54) is 6.08 Å². The first-order chi connectivity index (χ1) is 8.58. The molecule has 98 valence electrons. The zero-order valence-electron chi connectivity index (χ0n) is 10.6. The summed E-state index contributed by atoms with van der Waals surface area (Å²) in [4.78, 5) is 11.3. The van der Waals surface area contributed by atoms with Crippen LogP contribution in [0.1, 0.15) is 19.4 Å². The Hall–Kier alpha value is -1.32. The maximum Gasteiger partial charge on any atom is 0.330 e. The largest absolute Gasteiger partial charge is 0.460 e. The van der Waals surface area contributed by atoms with E-state index in [0.29, 0.717) is 11.6 Å². The number of benzene rings is 1. The van der Waals surface area contributed by atoms with Gasteiger partial charge in [0.25, 0.3) is 0 Å². The van der Waals surface area contributed by atoms with Gasteiger partial charge in [-0.25, -0.2) is 4.79 Å². The van der Waals surface area contributed by atoms with Crippen molar-refractivity contribution in [2.45, 2.75) is 20.0 Å². The molecule has 18 heavy (non-hydrogen) atoms. The third-order valence-corrected chi connectivity index (χ3v) is 2.27. The SMILES string of the molecule is CC(C)OCCOC(=O)C=Cc1cccc(Cl)c1. The highest BCUT2D eigenvalue weighted by atomic mass is 35.5. The van der Waals surface area contributed by atoms with Crippen LogP contribution in [-0.2, 0) is 14.3 Å². The summed E-state index contributed by atoms with van der Waals surface area (Å²) >= 11 is 5.83. The smallest absolute Gasteiger partial charge is 0.330 e. The molecule has 0 amide bonds. The number of carbonyl (C=O) groups is 1. The van der Waals surface area contributed by atoms with Gasteiger partial charge in [0.1, 0.15) is 6.61 Å². The Labute approximate surface area is 112 Å². The molecule has 0 aliphatic heterocycles. The van der Waals surface area contributed by atoms with Crippen molar-refractivity contribution < 1.29 is 14.3 Å². The summed E-state index contributed by atoms with van der Waals surface area (Å²) in [5.41, 5.74) is 0.859. The van der Waals surface area contributed by atoms with Gasteiger partial charge in [-0.1, -0.05) is 23.7 Å². The molecule has 0 saturated heterocycles. The standard InChI is InChI=1S/C14H17ClO3/c1-11(2)17-8-9-18-14(16)7-6-12-4-3-5-13(15)10-12/h3-7,10-11H,8-9H2,1-2H3. The van der Waals surface area contributed by atoms with Crippen molar-refractivity contribution in [1.29, 1.82) is 0 Å². The lowest BCUT2D eigenvalue weighted by Crippen LogP contribution is -2.11. The van der Waals surface area contributed by atoms with Crippen molar-refractivity contribution in [3.05, 3.63) is 40.9 Å². The number of halogens is 1. The molecule has 0 fully saturated rings. The highest BCUT2D eigenvalue weighted by Gasteiger charge is 1.98. The molecule has 1 aromatic carbocycles. The molecule has 1 rings (SSSR count). The molecule has 0 aliphatic rings. The number of hydrogen-bond donors (Lipinski definition) is 0. The fourth-order valence-corrected chi connectivity index (χ4v) is 1.45. The van der Waals surface area contributed by atoms with E-state index in [4.69, 9.17) is 21.1 Å². The van der Waals surface area contributed by atoms with E-state index in [2.05, 4.69) is 0 Å². The number of ether oxygens (including phenoxy) is 2. The van der Waals surface area contributed by atoms with E-state index in [0.717, 1.165) is 5.56 Å². The summed E-state index contributed by atoms with van der Waals surface area (Å²) < 4.78 is 10.2. The molecule has 0 radical (unpaired) electrons. The fraction of sp³-hybridized carbons (Fsp3) is 0.357. The lowest BCUT2D eigenvalue weighted by molar-refractivity contribution is -0.139. The maximum atomic E-state index is 11.3. The van der Waals surface area contributed by atoms with Crippen molar-refractivity contribution in [2.24, 2.45) is 0 Å². The molecule has 4 heteroatoms. The number of esters is 1. The van der Waals surface area contributed by atoms with Crippen LogP contribution in [0, 0.1) is 0 Å². The molecule has 0 unspecified atom stereocenters. The Kier molecular flexibility index (Phi) is 6.47. The highest BCUT2D eigenvalue weighted by molar-refractivity contribution is 6.30. The van der Waals surface area contributed by atoms with Gasteiger partial charge in [-0.05, 0) is 37.6 Å². The topological polar surface area (TPSA) is 35.5 Å². The molecule has 0 heterocycles. The monoisotopic (exact) mass is 268 g/mol. The van der Waals surface area contributed by atoms with E-state index in [1.54, 1.807) is 18.2 Å². The van der Waals surface area contributed by atoms with Crippen LogP contribution < -0.4 is 0 Å². The van der Waals surface area contributed by atoms with Crippen molar-refractivity contribution >= 4 is 23.6 Å². The molecule has 3 nitrogen and oxygen atoms in total. The molecule has 0 aliphatic carbocycles. The van der Waals surface area contributed by atoms with Gasteiger partial charge in [0.15, 0.2) is 0 Å². The molecule has 0 bridgehead atoms. The molecular weight excluding hydrogens is 252 g/mol. The fourth-order valence-electron chi connectivity index (χ4n) is 1.25. The van der Waals surface area contributed by atoms with E-state index in [-0.39, 0.29) is 18.7 Å². The van der Waals surface area contributed by atoms with Gasteiger partial charge in [0, 0.05) is 11.1 Å². The Morgan fingerprint density at radius 2 is 2.17 bits per heavy atom. The van der Waals surface area contributed by atoms with Gasteiger partial charge in [-0.2, -0.15) is 0 Å². The van der Waals surface area contributed by atoms with Crippen molar-refractivity contribution in [1.82, 2.24) is 0 Å². The van der Waals surface area contributed by atoms with Crippen LogP contribution in [0.3, 0.4) is 0 Å². The van der Waals surface area contributed by atoms with Gasteiger partial charge in [0.2, 0.25) is 0 Å². The van der Waals surface area contributed by atoms with Crippen molar-refractivity contribution in [2.75, 3.05) is 13.2 Å². The Morgan fingerprint density at radius 1 is 1.39 bits per heavy atom. The quantitative estimate of drug-likeness (QED) is 0.451. The van der Waals surface area contributed by atoms with Crippen LogP contribution in [0.15, 0.2) is 30.3 Å². The molecule has 1 aromatic rings.